The van der Waals surface area contributed by atoms with E-state index in [-0.39, 0.29) is 23.5 Å². The first-order chi connectivity index (χ1) is 17.5. The number of carbonyl (C=O) groups is 1. The molecule has 8 nitrogen and oxygen atoms in total. The number of hydrogen-bond donors (Lipinski definition) is 0. The highest BCUT2D eigenvalue weighted by Crippen LogP contribution is 2.34. The van der Waals surface area contributed by atoms with Crippen molar-refractivity contribution in [3.8, 4) is 17.2 Å². The van der Waals surface area contributed by atoms with Gasteiger partial charge in [0.15, 0.2) is 5.75 Å². The number of amides is 1. The van der Waals surface area contributed by atoms with Crippen molar-refractivity contribution in [2.24, 2.45) is 0 Å². The monoisotopic (exact) mass is 500 g/mol. The zero-order chi connectivity index (χ0) is 26.6. The molecule has 0 bridgehead atoms. The van der Waals surface area contributed by atoms with Gasteiger partial charge in [0.2, 0.25) is 0 Å². The average molecular weight is 501 g/mol. The quantitative estimate of drug-likeness (QED) is 0.343. The van der Waals surface area contributed by atoms with E-state index in [1.54, 1.807) is 4.90 Å². The number of hydrogen-bond acceptors (Lipinski definition) is 6. The highest BCUT2D eigenvalue weighted by atomic mass is 16.6. The van der Waals surface area contributed by atoms with Crippen molar-refractivity contribution >= 4 is 12.0 Å². The summed E-state index contributed by atoms with van der Waals surface area (Å²) in [4.78, 5) is 25.1. The Hall–Kier alpha value is -4.12. The van der Waals surface area contributed by atoms with Crippen LogP contribution in [0.4, 0.5) is 10.7 Å². The Morgan fingerprint density at radius 2 is 1.51 bits per heavy atom. The smallest absolute Gasteiger partial charge is 0.410 e. The van der Waals surface area contributed by atoms with Crippen molar-refractivity contribution in [2.45, 2.75) is 58.1 Å². The van der Waals surface area contributed by atoms with Gasteiger partial charge in [0.25, 0.3) is 0 Å². The van der Waals surface area contributed by atoms with Gasteiger partial charge in [-0.1, -0.05) is 38.1 Å². The third-order valence-electron chi connectivity index (χ3n) is 6.32. The van der Waals surface area contributed by atoms with Crippen molar-refractivity contribution in [1.29, 1.82) is 0 Å². The lowest BCUT2D eigenvalue weighted by atomic mass is 9.78. The molecule has 1 aliphatic heterocycles. The molecule has 1 atom stereocenters. The van der Waals surface area contributed by atoms with Crippen LogP contribution in [0.2, 0.25) is 0 Å². The lowest BCUT2D eigenvalue weighted by Crippen LogP contribution is -2.55. The third kappa shape index (κ3) is 6.36. The summed E-state index contributed by atoms with van der Waals surface area (Å²) in [6.45, 7) is 18.0. The Morgan fingerprint density at radius 1 is 0.946 bits per heavy atom. The molecule has 0 saturated carbocycles. The van der Waals surface area contributed by atoms with Gasteiger partial charge in [-0.25, -0.2) is 4.79 Å². The van der Waals surface area contributed by atoms with Crippen molar-refractivity contribution in [3.63, 3.8) is 0 Å². The normalized spacial score (nSPS) is 15.4. The SMILES string of the molecule is [C-]#[N+]c1ncc(Oc2ccc(C(C)(C)c3ccc(OC[C@@H]4CCN4C(=O)OC(C)(C)C)cc3)cc2)cn1. The van der Waals surface area contributed by atoms with Crippen LogP contribution in [0, 0.1) is 6.57 Å². The van der Waals surface area contributed by atoms with Gasteiger partial charge in [0.1, 0.15) is 36.1 Å². The molecule has 0 unspecified atom stereocenters. The van der Waals surface area contributed by atoms with E-state index in [1.807, 2.05) is 57.2 Å². The first kappa shape index (κ1) is 26.0. The molecular formula is C29H32N4O4. The number of aromatic nitrogens is 2. The van der Waals surface area contributed by atoms with E-state index < -0.39 is 5.60 Å². The predicted octanol–water partition coefficient (Wildman–Crippen LogP) is 6.53. The van der Waals surface area contributed by atoms with E-state index in [2.05, 4.69) is 40.8 Å². The number of carbonyl (C=O) groups excluding carboxylic acids is 1. The summed E-state index contributed by atoms with van der Waals surface area (Å²) in [5.74, 6) is 2.00. The molecule has 2 heterocycles. The first-order valence-electron chi connectivity index (χ1n) is 12.3. The average Bonchev–Trinajstić information content (AvgIpc) is 2.83. The molecule has 1 fully saturated rings. The molecule has 1 saturated heterocycles. The van der Waals surface area contributed by atoms with E-state index in [9.17, 15) is 4.79 Å². The van der Waals surface area contributed by atoms with E-state index in [4.69, 9.17) is 20.8 Å². The molecule has 0 aliphatic carbocycles. The summed E-state index contributed by atoms with van der Waals surface area (Å²) in [6, 6.07) is 16.0. The zero-order valence-corrected chi connectivity index (χ0v) is 21.9. The van der Waals surface area contributed by atoms with Crippen molar-refractivity contribution < 1.29 is 19.0 Å². The molecule has 192 valence electrons. The van der Waals surface area contributed by atoms with Crippen LogP contribution in [-0.2, 0) is 10.2 Å². The van der Waals surface area contributed by atoms with Crippen molar-refractivity contribution in [3.05, 3.63) is 83.5 Å². The van der Waals surface area contributed by atoms with Crippen LogP contribution in [0.1, 0.15) is 52.2 Å². The number of benzene rings is 2. The minimum Gasteiger partial charge on any atom is -0.491 e. The summed E-state index contributed by atoms with van der Waals surface area (Å²) < 4.78 is 17.3. The Balaban J connectivity index is 1.34. The Morgan fingerprint density at radius 3 is 2.00 bits per heavy atom. The standard InChI is InChI=1S/C29H32N4O4/c1-28(2,3)37-27(34)33-16-15-22(33)19-35-23-11-7-20(8-12-23)29(4,5)21-9-13-24(14-10-21)36-25-17-31-26(30-6)32-18-25/h7-14,17-18,22H,15-16,19H2,1-5H3/t22-/m0/s1. The third-order valence-corrected chi connectivity index (χ3v) is 6.32. The van der Waals surface area contributed by atoms with E-state index in [1.165, 1.54) is 12.4 Å². The maximum absolute atomic E-state index is 12.3. The molecule has 4 rings (SSSR count). The molecule has 0 spiro atoms. The summed E-state index contributed by atoms with van der Waals surface area (Å²) in [7, 11) is 0. The zero-order valence-electron chi connectivity index (χ0n) is 21.9. The van der Waals surface area contributed by atoms with Crippen LogP contribution in [0.3, 0.4) is 0 Å². The van der Waals surface area contributed by atoms with Gasteiger partial charge in [-0.15, -0.1) is 6.57 Å². The van der Waals surface area contributed by atoms with E-state index in [0.717, 1.165) is 23.3 Å². The maximum atomic E-state index is 12.3. The summed E-state index contributed by atoms with van der Waals surface area (Å²) in [6.07, 6.45) is 3.60. The molecule has 1 amide bonds. The fourth-order valence-corrected chi connectivity index (χ4v) is 4.00. The number of likely N-dealkylation sites (tertiary alicyclic amines) is 1. The van der Waals surface area contributed by atoms with Gasteiger partial charge in [0, 0.05) is 12.0 Å². The number of nitrogens with zero attached hydrogens (tertiary/aromatic N) is 4. The van der Waals surface area contributed by atoms with Crippen LogP contribution >= 0.6 is 0 Å². The second-order valence-corrected chi connectivity index (χ2v) is 10.5. The highest BCUT2D eigenvalue weighted by molar-refractivity contribution is 5.69. The predicted molar refractivity (Wildman–Crippen MR) is 140 cm³/mol. The Kier molecular flexibility index (Phi) is 7.35. The Labute approximate surface area is 218 Å². The summed E-state index contributed by atoms with van der Waals surface area (Å²) in [5.41, 5.74) is 1.54. The van der Waals surface area contributed by atoms with Gasteiger partial charge >= 0.3 is 12.0 Å². The fraction of sp³-hybridized carbons (Fsp3) is 0.379. The van der Waals surface area contributed by atoms with Gasteiger partial charge in [-0.2, -0.15) is 9.97 Å². The summed E-state index contributed by atoms with van der Waals surface area (Å²) >= 11 is 0. The second-order valence-electron chi connectivity index (χ2n) is 10.5. The van der Waals surface area contributed by atoms with Crippen LogP contribution < -0.4 is 9.47 Å². The molecule has 2 aromatic carbocycles. The molecular weight excluding hydrogens is 468 g/mol. The molecule has 3 aromatic rings. The van der Waals surface area contributed by atoms with Gasteiger partial charge in [-0.3, -0.25) is 0 Å². The minimum atomic E-state index is -0.505. The molecule has 0 N–H and O–H groups in total. The molecule has 1 aromatic heterocycles. The van der Waals surface area contributed by atoms with Crippen LogP contribution in [0.5, 0.6) is 17.2 Å². The largest absolute Gasteiger partial charge is 0.491 e. The van der Waals surface area contributed by atoms with Crippen LogP contribution in [0.25, 0.3) is 4.85 Å². The molecule has 37 heavy (non-hydrogen) atoms. The molecule has 8 heteroatoms. The van der Waals surface area contributed by atoms with Crippen LogP contribution in [-0.4, -0.2) is 45.8 Å². The fourth-order valence-electron chi connectivity index (χ4n) is 4.00. The summed E-state index contributed by atoms with van der Waals surface area (Å²) in [5, 5.41) is 0. The molecule has 1 aliphatic rings. The van der Waals surface area contributed by atoms with Crippen molar-refractivity contribution in [2.75, 3.05) is 13.2 Å². The molecule has 0 radical (unpaired) electrons. The lowest BCUT2D eigenvalue weighted by Gasteiger charge is -2.41. The van der Waals surface area contributed by atoms with E-state index in [0.29, 0.717) is 24.7 Å². The highest BCUT2D eigenvalue weighted by Gasteiger charge is 2.35. The number of rotatable bonds is 7. The van der Waals surface area contributed by atoms with E-state index >= 15 is 0 Å². The lowest BCUT2D eigenvalue weighted by molar-refractivity contribution is -0.0141. The number of ether oxygens (including phenoxy) is 3. The first-order valence-corrected chi connectivity index (χ1v) is 12.3. The second kappa shape index (κ2) is 10.5. The van der Waals surface area contributed by atoms with Crippen LogP contribution in [0.15, 0.2) is 60.9 Å². The van der Waals surface area contributed by atoms with Gasteiger partial charge < -0.3 is 24.0 Å². The minimum absolute atomic E-state index is 0.0314. The maximum Gasteiger partial charge on any atom is 0.410 e. The van der Waals surface area contributed by atoms with Crippen molar-refractivity contribution in [1.82, 2.24) is 14.9 Å². The Bertz CT molecular complexity index is 1260. The van der Waals surface area contributed by atoms with Gasteiger partial charge in [-0.05, 0) is 62.6 Å². The topological polar surface area (TPSA) is 78.1 Å². The van der Waals surface area contributed by atoms with Gasteiger partial charge in [0.05, 0.1) is 6.04 Å².